The summed E-state index contributed by atoms with van der Waals surface area (Å²) in [7, 11) is 0. The molecule has 1 rings (SSSR count). The van der Waals surface area contributed by atoms with Gasteiger partial charge in [0, 0.05) is 0 Å². The molecule has 0 bridgehead atoms. The van der Waals surface area contributed by atoms with Crippen molar-refractivity contribution in [3.8, 4) is 0 Å². The highest BCUT2D eigenvalue weighted by molar-refractivity contribution is 4.69. The van der Waals surface area contributed by atoms with Crippen molar-refractivity contribution in [3.05, 3.63) is 0 Å². The molecule has 0 aromatic heterocycles. The van der Waals surface area contributed by atoms with Crippen LogP contribution in [0.1, 0.15) is 40.5 Å². The van der Waals surface area contributed by atoms with E-state index in [4.69, 9.17) is 0 Å². The third-order valence-electron chi connectivity index (χ3n) is 2.26. The standard InChI is InChI=1S/C9H19N.CH4/c1-8(2)7-9-3-5-10-6-4-9;/h8-10H,3-7H2,1-2H3;1H4. The van der Waals surface area contributed by atoms with Gasteiger partial charge < -0.3 is 5.32 Å². The number of nitrogens with one attached hydrogen (secondary N) is 1. The van der Waals surface area contributed by atoms with E-state index in [0.29, 0.717) is 0 Å². The third kappa shape index (κ3) is 4.41. The predicted octanol–water partition coefficient (Wildman–Crippen LogP) is 2.67. The molecular weight excluding hydrogens is 134 g/mol. The zero-order chi connectivity index (χ0) is 7.40. The summed E-state index contributed by atoms with van der Waals surface area (Å²) in [6, 6.07) is 0. The van der Waals surface area contributed by atoms with Crippen LogP contribution in [0.2, 0.25) is 0 Å². The van der Waals surface area contributed by atoms with E-state index in [2.05, 4.69) is 19.2 Å². The Morgan fingerprint density at radius 1 is 1.27 bits per heavy atom. The molecule has 0 amide bonds. The lowest BCUT2D eigenvalue weighted by molar-refractivity contribution is 0.318. The first kappa shape index (κ1) is 11.0. The molecule has 0 atom stereocenters. The monoisotopic (exact) mass is 157 g/mol. The van der Waals surface area contributed by atoms with Crippen LogP contribution in [0.5, 0.6) is 0 Å². The van der Waals surface area contributed by atoms with Crippen molar-refractivity contribution >= 4 is 0 Å². The minimum atomic E-state index is 0. The average Bonchev–Trinajstić information content (AvgIpc) is 1.88. The molecular formula is C10H23N. The van der Waals surface area contributed by atoms with Gasteiger partial charge in [-0.1, -0.05) is 21.3 Å². The second-order valence-corrected chi connectivity index (χ2v) is 3.82. The van der Waals surface area contributed by atoms with Crippen LogP contribution < -0.4 is 5.32 Å². The summed E-state index contributed by atoms with van der Waals surface area (Å²) in [4.78, 5) is 0. The summed E-state index contributed by atoms with van der Waals surface area (Å²) in [5.41, 5.74) is 0. The lowest BCUT2D eigenvalue weighted by Crippen LogP contribution is -2.28. The van der Waals surface area contributed by atoms with Crippen molar-refractivity contribution in [1.29, 1.82) is 0 Å². The molecule has 11 heavy (non-hydrogen) atoms. The van der Waals surface area contributed by atoms with Gasteiger partial charge >= 0.3 is 0 Å². The molecule has 1 heteroatoms. The average molecular weight is 157 g/mol. The maximum atomic E-state index is 3.39. The maximum absolute atomic E-state index is 3.39. The quantitative estimate of drug-likeness (QED) is 0.650. The zero-order valence-electron chi connectivity index (χ0n) is 7.19. The van der Waals surface area contributed by atoms with Crippen molar-refractivity contribution < 1.29 is 0 Å². The van der Waals surface area contributed by atoms with Crippen LogP contribution in [0, 0.1) is 11.8 Å². The maximum Gasteiger partial charge on any atom is -0.00463 e. The molecule has 0 radical (unpaired) electrons. The van der Waals surface area contributed by atoms with Crippen molar-refractivity contribution in [1.82, 2.24) is 5.32 Å². The molecule has 0 unspecified atom stereocenters. The fraction of sp³-hybridized carbons (Fsp3) is 1.00. The molecule has 1 fully saturated rings. The smallest absolute Gasteiger partial charge is 0.00463 e. The third-order valence-corrected chi connectivity index (χ3v) is 2.26. The summed E-state index contributed by atoms with van der Waals surface area (Å²) < 4.78 is 0. The highest BCUT2D eigenvalue weighted by atomic mass is 14.9. The second-order valence-electron chi connectivity index (χ2n) is 3.82. The molecule has 0 aliphatic carbocycles. The van der Waals surface area contributed by atoms with Gasteiger partial charge in [-0.2, -0.15) is 0 Å². The SMILES string of the molecule is C.CC(C)CC1CCNCC1. The van der Waals surface area contributed by atoms with E-state index >= 15 is 0 Å². The normalized spacial score (nSPS) is 19.9. The van der Waals surface area contributed by atoms with Crippen LogP contribution in [0.3, 0.4) is 0 Å². The fourth-order valence-electron chi connectivity index (χ4n) is 1.78. The van der Waals surface area contributed by atoms with Crippen LogP contribution in [0.4, 0.5) is 0 Å². The summed E-state index contributed by atoms with van der Waals surface area (Å²) in [6.45, 7) is 7.14. The van der Waals surface area contributed by atoms with Gasteiger partial charge in [-0.15, -0.1) is 0 Å². The predicted molar refractivity (Wildman–Crippen MR) is 51.8 cm³/mol. The lowest BCUT2D eigenvalue weighted by atomic mass is 9.89. The van der Waals surface area contributed by atoms with Gasteiger partial charge in [0.15, 0.2) is 0 Å². The highest BCUT2D eigenvalue weighted by Gasteiger charge is 2.13. The highest BCUT2D eigenvalue weighted by Crippen LogP contribution is 2.20. The molecule has 1 N–H and O–H groups in total. The minimum absolute atomic E-state index is 0. The molecule has 0 spiro atoms. The Kier molecular flexibility index (Phi) is 5.57. The largest absolute Gasteiger partial charge is 0.317 e. The first-order chi connectivity index (χ1) is 4.79. The molecule has 1 nitrogen and oxygen atoms in total. The summed E-state index contributed by atoms with van der Waals surface area (Å²) in [5.74, 6) is 1.91. The summed E-state index contributed by atoms with van der Waals surface area (Å²) >= 11 is 0. The Labute approximate surface area is 71.6 Å². The van der Waals surface area contributed by atoms with Crippen molar-refractivity contribution in [2.24, 2.45) is 11.8 Å². The molecule has 1 aliphatic heterocycles. The molecule has 0 saturated carbocycles. The topological polar surface area (TPSA) is 12.0 Å². The van der Waals surface area contributed by atoms with Crippen molar-refractivity contribution in [2.75, 3.05) is 13.1 Å². The molecule has 0 aromatic carbocycles. The Bertz CT molecular complexity index is 82.9. The first-order valence-electron chi connectivity index (χ1n) is 4.49. The number of rotatable bonds is 2. The van der Waals surface area contributed by atoms with Crippen LogP contribution >= 0.6 is 0 Å². The Hall–Kier alpha value is -0.0400. The lowest BCUT2D eigenvalue weighted by Gasteiger charge is -2.23. The Balaban J connectivity index is 0.000001000. The van der Waals surface area contributed by atoms with Crippen molar-refractivity contribution in [3.63, 3.8) is 0 Å². The molecule has 1 saturated heterocycles. The van der Waals surface area contributed by atoms with Gasteiger partial charge in [0.25, 0.3) is 0 Å². The molecule has 1 heterocycles. The zero-order valence-corrected chi connectivity index (χ0v) is 7.19. The minimum Gasteiger partial charge on any atom is -0.317 e. The number of piperidine rings is 1. The van der Waals surface area contributed by atoms with E-state index in [1.165, 1.54) is 32.4 Å². The molecule has 0 aromatic rings. The summed E-state index contributed by atoms with van der Waals surface area (Å²) in [6.07, 6.45) is 4.23. The van der Waals surface area contributed by atoms with Gasteiger partial charge in [-0.25, -0.2) is 0 Å². The van der Waals surface area contributed by atoms with Crippen LogP contribution in [-0.2, 0) is 0 Å². The summed E-state index contributed by atoms with van der Waals surface area (Å²) in [5, 5.41) is 3.39. The molecule has 68 valence electrons. The van der Waals surface area contributed by atoms with Gasteiger partial charge in [0.1, 0.15) is 0 Å². The van der Waals surface area contributed by atoms with E-state index in [1.807, 2.05) is 0 Å². The first-order valence-corrected chi connectivity index (χ1v) is 4.49. The van der Waals surface area contributed by atoms with E-state index in [-0.39, 0.29) is 7.43 Å². The molecule has 1 aliphatic rings. The van der Waals surface area contributed by atoms with Crippen LogP contribution in [-0.4, -0.2) is 13.1 Å². The van der Waals surface area contributed by atoms with Gasteiger partial charge in [-0.05, 0) is 44.2 Å². The van der Waals surface area contributed by atoms with Gasteiger partial charge in [0.05, 0.1) is 0 Å². The van der Waals surface area contributed by atoms with Crippen molar-refractivity contribution in [2.45, 2.75) is 40.5 Å². The van der Waals surface area contributed by atoms with Gasteiger partial charge in [-0.3, -0.25) is 0 Å². The van der Waals surface area contributed by atoms with E-state index < -0.39 is 0 Å². The van der Waals surface area contributed by atoms with E-state index in [9.17, 15) is 0 Å². The number of hydrogen-bond acceptors (Lipinski definition) is 1. The second kappa shape index (κ2) is 5.59. The van der Waals surface area contributed by atoms with Crippen LogP contribution in [0.25, 0.3) is 0 Å². The Morgan fingerprint density at radius 2 is 1.82 bits per heavy atom. The van der Waals surface area contributed by atoms with Crippen LogP contribution in [0.15, 0.2) is 0 Å². The Morgan fingerprint density at radius 3 is 2.27 bits per heavy atom. The van der Waals surface area contributed by atoms with E-state index in [0.717, 1.165) is 11.8 Å². The fourth-order valence-corrected chi connectivity index (χ4v) is 1.78. The van der Waals surface area contributed by atoms with E-state index in [1.54, 1.807) is 0 Å². The number of hydrogen-bond donors (Lipinski definition) is 1. The van der Waals surface area contributed by atoms with Gasteiger partial charge in [0.2, 0.25) is 0 Å².